The SMILES string of the molecule is O=C(NC[C@H]1[C@H]2CN(C(=O)C3CC3)C[C@]23CC[C@H]1O3)c1ccc(F)cc1. The van der Waals surface area contributed by atoms with Crippen LogP contribution in [-0.2, 0) is 9.53 Å². The van der Waals surface area contributed by atoms with E-state index in [0.29, 0.717) is 24.6 Å². The molecule has 3 aliphatic heterocycles. The molecular formula is C20H23FN2O3. The van der Waals surface area contributed by atoms with Gasteiger partial charge in [0.05, 0.1) is 18.2 Å². The van der Waals surface area contributed by atoms with Crippen LogP contribution < -0.4 is 5.32 Å². The molecule has 0 aromatic heterocycles. The minimum atomic E-state index is -0.351. The Morgan fingerprint density at radius 1 is 1.23 bits per heavy atom. The van der Waals surface area contributed by atoms with Gasteiger partial charge in [-0.1, -0.05) is 0 Å². The number of nitrogens with one attached hydrogen (secondary N) is 1. The van der Waals surface area contributed by atoms with Crippen LogP contribution in [0.4, 0.5) is 4.39 Å². The summed E-state index contributed by atoms with van der Waals surface area (Å²) in [6.07, 6.45) is 4.23. The number of rotatable bonds is 4. The van der Waals surface area contributed by atoms with Crippen LogP contribution >= 0.6 is 0 Å². The topological polar surface area (TPSA) is 58.6 Å². The molecule has 26 heavy (non-hydrogen) atoms. The van der Waals surface area contributed by atoms with Gasteiger partial charge in [0, 0.05) is 36.4 Å². The van der Waals surface area contributed by atoms with E-state index >= 15 is 0 Å². The number of fused-ring (bicyclic) bond motifs is 1. The summed E-state index contributed by atoms with van der Waals surface area (Å²) in [5, 5.41) is 2.99. The van der Waals surface area contributed by atoms with Gasteiger partial charge in [-0.25, -0.2) is 4.39 Å². The molecule has 1 saturated carbocycles. The standard InChI is InChI=1S/C20H23FN2O3/c21-14-5-3-12(4-6-14)18(24)22-9-15-16-10-23(19(25)13-1-2-13)11-20(16)8-7-17(15)26-20/h3-6,13,15-17H,1-2,7-11H2,(H,22,24)/t15-,16+,17+,20+/m0/s1. The van der Waals surface area contributed by atoms with Crippen molar-refractivity contribution in [1.82, 2.24) is 10.2 Å². The molecule has 5 rings (SSSR count). The van der Waals surface area contributed by atoms with E-state index in [4.69, 9.17) is 4.74 Å². The predicted octanol–water partition coefficient (Wildman–Crippen LogP) is 1.97. The van der Waals surface area contributed by atoms with Crippen molar-refractivity contribution in [3.8, 4) is 0 Å². The number of hydrogen-bond donors (Lipinski definition) is 1. The van der Waals surface area contributed by atoms with Gasteiger partial charge in [0.2, 0.25) is 5.91 Å². The average molecular weight is 358 g/mol. The largest absolute Gasteiger partial charge is 0.369 e. The maximum atomic E-state index is 13.0. The maximum Gasteiger partial charge on any atom is 0.251 e. The number of hydrogen-bond acceptors (Lipinski definition) is 3. The first-order valence-corrected chi connectivity index (χ1v) is 9.56. The first-order chi connectivity index (χ1) is 12.6. The molecule has 2 bridgehead atoms. The number of carbonyl (C=O) groups is 2. The van der Waals surface area contributed by atoms with Crippen LogP contribution in [-0.4, -0.2) is 48.1 Å². The molecule has 6 heteroatoms. The highest BCUT2D eigenvalue weighted by Crippen LogP contribution is 2.55. The van der Waals surface area contributed by atoms with Crippen LogP contribution in [0.15, 0.2) is 24.3 Å². The van der Waals surface area contributed by atoms with E-state index in [1.165, 1.54) is 24.3 Å². The summed E-state index contributed by atoms with van der Waals surface area (Å²) >= 11 is 0. The number of amides is 2. The summed E-state index contributed by atoms with van der Waals surface area (Å²) in [6.45, 7) is 2.01. The van der Waals surface area contributed by atoms with E-state index in [1.54, 1.807) is 0 Å². The van der Waals surface area contributed by atoms with Gasteiger partial charge in [0.1, 0.15) is 5.82 Å². The van der Waals surface area contributed by atoms with Crippen molar-refractivity contribution in [1.29, 1.82) is 0 Å². The van der Waals surface area contributed by atoms with Crippen LogP contribution in [0.3, 0.4) is 0 Å². The van der Waals surface area contributed by atoms with Crippen molar-refractivity contribution in [3.05, 3.63) is 35.6 Å². The van der Waals surface area contributed by atoms with Gasteiger partial charge in [-0.3, -0.25) is 9.59 Å². The van der Waals surface area contributed by atoms with Crippen LogP contribution in [0.25, 0.3) is 0 Å². The molecule has 1 aromatic carbocycles. The smallest absolute Gasteiger partial charge is 0.251 e. The first-order valence-electron chi connectivity index (χ1n) is 9.56. The third kappa shape index (κ3) is 2.54. The third-order valence-electron chi connectivity index (χ3n) is 6.63. The molecular weight excluding hydrogens is 335 g/mol. The Bertz CT molecular complexity index is 748. The van der Waals surface area contributed by atoms with Crippen LogP contribution in [0, 0.1) is 23.6 Å². The zero-order valence-electron chi connectivity index (χ0n) is 14.6. The average Bonchev–Trinajstić information content (AvgIpc) is 3.21. The number of nitrogens with zero attached hydrogens (tertiary/aromatic N) is 1. The van der Waals surface area contributed by atoms with Gasteiger partial charge in [0.15, 0.2) is 0 Å². The molecule has 3 saturated heterocycles. The lowest BCUT2D eigenvalue weighted by molar-refractivity contribution is -0.133. The second-order valence-corrected chi connectivity index (χ2v) is 8.24. The lowest BCUT2D eigenvalue weighted by atomic mass is 9.73. The van der Waals surface area contributed by atoms with E-state index in [1.807, 2.05) is 4.90 Å². The van der Waals surface area contributed by atoms with Crippen LogP contribution in [0.1, 0.15) is 36.0 Å². The van der Waals surface area contributed by atoms with Crippen molar-refractivity contribution < 1.29 is 18.7 Å². The molecule has 0 radical (unpaired) electrons. The fourth-order valence-electron chi connectivity index (χ4n) is 5.13. The van der Waals surface area contributed by atoms with Gasteiger partial charge in [-0.15, -0.1) is 0 Å². The molecule has 0 unspecified atom stereocenters. The number of halogens is 1. The molecule has 1 aliphatic carbocycles. The molecule has 1 N–H and O–H groups in total. The van der Waals surface area contributed by atoms with E-state index in [-0.39, 0.29) is 41.2 Å². The Morgan fingerprint density at radius 3 is 2.73 bits per heavy atom. The van der Waals surface area contributed by atoms with E-state index in [2.05, 4.69) is 5.32 Å². The summed E-state index contributed by atoms with van der Waals surface area (Å²) < 4.78 is 19.3. The lowest BCUT2D eigenvalue weighted by Crippen LogP contribution is -2.41. The van der Waals surface area contributed by atoms with Crippen LogP contribution in [0.2, 0.25) is 0 Å². The molecule has 4 aliphatic rings. The first kappa shape index (κ1) is 16.2. The zero-order valence-corrected chi connectivity index (χ0v) is 14.6. The van der Waals surface area contributed by atoms with Crippen molar-refractivity contribution in [3.63, 3.8) is 0 Å². The van der Waals surface area contributed by atoms with Crippen molar-refractivity contribution in [2.45, 2.75) is 37.4 Å². The summed E-state index contributed by atoms with van der Waals surface area (Å²) in [7, 11) is 0. The summed E-state index contributed by atoms with van der Waals surface area (Å²) in [6, 6.07) is 5.58. The van der Waals surface area contributed by atoms with Gasteiger partial charge in [-0.2, -0.15) is 0 Å². The fourth-order valence-corrected chi connectivity index (χ4v) is 5.13. The predicted molar refractivity (Wildman–Crippen MR) is 91.9 cm³/mol. The molecule has 4 fully saturated rings. The van der Waals surface area contributed by atoms with Crippen LogP contribution in [0.5, 0.6) is 0 Å². The number of likely N-dealkylation sites (tertiary alicyclic amines) is 1. The molecule has 3 heterocycles. The molecule has 1 spiro atoms. The third-order valence-corrected chi connectivity index (χ3v) is 6.63. The highest BCUT2D eigenvalue weighted by atomic mass is 19.1. The van der Waals surface area contributed by atoms with E-state index in [0.717, 1.165) is 32.2 Å². The van der Waals surface area contributed by atoms with Gasteiger partial charge >= 0.3 is 0 Å². The number of ether oxygens (including phenoxy) is 1. The summed E-state index contributed by atoms with van der Waals surface area (Å²) in [5.41, 5.74) is 0.266. The molecule has 4 atom stereocenters. The fraction of sp³-hybridized carbons (Fsp3) is 0.600. The monoisotopic (exact) mass is 358 g/mol. The highest BCUT2D eigenvalue weighted by molar-refractivity contribution is 5.94. The minimum absolute atomic E-state index is 0.173. The Hall–Kier alpha value is -1.95. The molecule has 5 nitrogen and oxygen atoms in total. The second kappa shape index (κ2) is 5.78. The Labute approximate surface area is 151 Å². The Morgan fingerprint density at radius 2 is 2.00 bits per heavy atom. The van der Waals surface area contributed by atoms with Crippen molar-refractivity contribution >= 4 is 11.8 Å². The lowest BCUT2D eigenvalue weighted by Gasteiger charge is -2.29. The summed E-state index contributed by atoms with van der Waals surface area (Å²) in [4.78, 5) is 26.8. The quantitative estimate of drug-likeness (QED) is 0.895. The van der Waals surface area contributed by atoms with E-state index in [9.17, 15) is 14.0 Å². The maximum absolute atomic E-state index is 13.0. The minimum Gasteiger partial charge on any atom is -0.369 e. The van der Waals surface area contributed by atoms with E-state index < -0.39 is 0 Å². The highest BCUT2D eigenvalue weighted by Gasteiger charge is 2.63. The van der Waals surface area contributed by atoms with Crippen molar-refractivity contribution in [2.24, 2.45) is 17.8 Å². The molecule has 2 amide bonds. The molecule has 138 valence electrons. The summed E-state index contributed by atoms with van der Waals surface area (Å²) in [5.74, 6) is 0.527. The normalized spacial score (nSPS) is 34.8. The number of carbonyl (C=O) groups excluding carboxylic acids is 2. The van der Waals surface area contributed by atoms with Gasteiger partial charge in [-0.05, 0) is 49.9 Å². The molecule has 1 aromatic rings. The second-order valence-electron chi connectivity index (χ2n) is 8.24. The Kier molecular flexibility index (Phi) is 3.61. The number of benzene rings is 1. The van der Waals surface area contributed by atoms with Gasteiger partial charge in [0.25, 0.3) is 5.91 Å². The van der Waals surface area contributed by atoms with Gasteiger partial charge < -0.3 is 15.0 Å². The zero-order chi connectivity index (χ0) is 17.9. The Balaban J connectivity index is 1.26. The van der Waals surface area contributed by atoms with Crippen molar-refractivity contribution in [2.75, 3.05) is 19.6 Å².